The normalized spacial score (nSPS) is 10.3. The van der Waals surface area contributed by atoms with Crippen molar-refractivity contribution in [3.63, 3.8) is 0 Å². The Morgan fingerprint density at radius 2 is 1.79 bits per heavy atom. The van der Waals surface area contributed by atoms with Gasteiger partial charge in [-0.1, -0.05) is 18.2 Å². The number of anilines is 2. The Labute approximate surface area is 171 Å². The second-order valence-corrected chi connectivity index (χ2v) is 7.02. The lowest BCUT2D eigenvalue weighted by atomic mass is 10.1. The van der Waals surface area contributed by atoms with Crippen LogP contribution >= 0.6 is 11.3 Å². The smallest absolute Gasteiger partial charge is 0.348 e. The van der Waals surface area contributed by atoms with Crippen molar-refractivity contribution in [1.29, 1.82) is 0 Å². The maximum atomic E-state index is 12.9. The SMILES string of the molecule is CCOC(=O)c1sc(NC(=O)c2cccnc2)c(C(=O)Nc2ccccc2)c1C. The number of benzene rings is 1. The Balaban J connectivity index is 1.96. The van der Waals surface area contributed by atoms with Crippen molar-refractivity contribution in [2.45, 2.75) is 13.8 Å². The number of pyridine rings is 1. The number of esters is 1. The van der Waals surface area contributed by atoms with E-state index in [1.54, 1.807) is 56.4 Å². The quantitative estimate of drug-likeness (QED) is 0.597. The van der Waals surface area contributed by atoms with Gasteiger partial charge >= 0.3 is 5.97 Å². The molecule has 0 bridgehead atoms. The summed E-state index contributed by atoms with van der Waals surface area (Å²) in [6, 6.07) is 12.2. The summed E-state index contributed by atoms with van der Waals surface area (Å²) in [5.41, 5.74) is 1.61. The molecule has 0 saturated carbocycles. The number of rotatable bonds is 6. The highest BCUT2D eigenvalue weighted by atomic mass is 32.1. The second kappa shape index (κ2) is 9.11. The van der Waals surface area contributed by atoms with E-state index in [0.717, 1.165) is 11.3 Å². The third kappa shape index (κ3) is 4.67. The number of hydrogen-bond donors (Lipinski definition) is 2. The van der Waals surface area contributed by atoms with Crippen LogP contribution in [0, 0.1) is 6.92 Å². The van der Waals surface area contributed by atoms with Gasteiger partial charge in [-0.2, -0.15) is 0 Å². The van der Waals surface area contributed by atoms with Crippen LogP contribution in [0.3, 0.4) is 0 Å². The minimum atomic E-state index is -0.536. The van der Waals surface area contributed by atoms with Gasteiger partial charge < -0.3 is 15.4 Å². The zero-order valence-electron chi connectivity index (χ0n) is 15.9. The molecule has 3 rings (SSSR count). The molecule has 2 amide bonds. The van der Waals surface area contributed by atoms with Crippen molar-refractivity contribution in [3.8, 4) is 0 Å². The van der Waals surface area contributed by atoms with E-state index in [0.29, 0.717) is 16.8 Å². The third-order valence-electron chi connectivity index (χ3n) is 4.02. The second-order valence-electron chi connectivity index (χ2n) is 6.00. The maximum Gasteiger partial charge on any atom is 0.348 e. The predicted octanol–water partition coefficient (Wildman–Crippen LogP) is 4.13. The van der Waals surface area contributed by atoms with E-state index in [-0.39, 0.29) is 22.0 Å². The molecule has 0 aliphatic rings. The Morgan fingerprint density at radius 1 is 1.03 bits per heavy atom. The summed E-state index contributed by atoms with van der Waals surface area (Å²) in [5.74, 6) is -1.39. The summed E-state index contributed by atoms with van der Waals surface area (Å²) in [5, 5.41) is 5.78. The zero-order chi connectivity index (χ0) is 20.8. The van der Waals surface area contributed by atoms with Crippen molar-refractivity contribution in [2.24, 2.45) is 0 Å². The van der Waals surface area contributed by atoms with Gasteiger partial charge in [-0.3, -0.25) is 14.6 Å². The highest BCUT2D eigenvalue weighted by Gasteiger charge is 2.26. The molecule has 0 fully saturated rings. The van der Waals surface area contributed by atoms with E-state index in [1.165, 1.54) is 6.20 Å². The van der Waals surface area contributed by atoms with E-state index in [9.17, 15) is 14.4 Å². The number of ether oxygens (including phenoxy) is 1. The molecule has 3 aromatic rings. The molecular formula is C21H19N3O4S. The van der Waals surface area contributed by atoms with Crippen LogP contribution in [0.5, 0.6) is 0 Å². The van der Waals surface area contributed by atoms with Gasteiger partial charge in [0, 0.05) is 18.1 Å². The lowest BCUT2D eigenvalue weighted by Gasteiger charge is -2.09. The van der Waals surface area contributed by atoms with Gasteiger partial charge in [0.25, 0.3) is 11.8 Å². The summed E-state index contributed by atoms with van der Waals surface area (Å²) < 4.78 is 5.08. The van der Waals surface area contributed by atoms with Crippen molar-refractivity contribution in [1.82, 2.24) is 4.98 Å². The zero-order valence-corrected chi connectivity index (χ0v) is 16.7. The van der Waals surface area contributed by atoms with Crippen LogP contribution < -0.4 is 10.6 Å². The van der Waals surface area contributed by atoms with Crippen molar-refractivity contribution < 1.29 is 19.1 Å². The molecule has 2 N–H and O–H groups in total. The first-order valence-electron chi connectivity index (χ1n) is 8.89. The van der Waals surface area contributed by atoms with Crippen LogP contribution in [0.15, 0.2) is 54.9 Å². The van der Waals surface area contributed by atoms with Crippen molar-refractivity contribution in [2.75, 3.05) is 17.2 Å². The average Bonchev–Trinajstić information content (AvgIpc) is 3.05. The van der Waals surface area contributed by atoms with E-state index in [4.69, 9.17) is 4.74 Å². The molecule has 0 unspecified atom stereocenters. The fourth-order valence-corrected chi connectivity index (χ4v) is 3.75. The summed E-state index contributed by atoms with van der Waals surface area (Å²) in [4.78, 5) is 42.0. The van der Waals surface area contributed by atoms with Gasteiger partial charge in [0.2, 0.25) is 0 Å². The van der Waals surface area contributed by atoms with Gasteiger partial charge in [0.15, 0.2) is 0 Å². The standard InChI is InChI=1S/C21H19N3O4S/c1-3-28-21(27)17-13(2)16(19(26)23-15-9-5-4-6-10-15)20(29-17)24-18(25)14-8-7-11-22-12-14/h4-12H,3H2,1-2H3,(H,23,26)(H,24,25). The molecule has 0 spiro atoms. The lowest BCUT2D eigenvalue weighted by Crippen LogP contribution is -2.17. The molecular weight excluding hydrogens is 390 g/mol. The average molecular weight is 409 g/mol. The number of amides is 2. The summed E-state index contributed by atoms with van der Waals surface area (Å²) in [6.45, 7) is 3.57. The van der Waals surface area contributed by atoms with Crippen LogP contribution in [0.1, 0.15) is 42.9 Å². The number of nitrogens with one attached hydrogen (secondary N) is 2. The minimum absolute atomic E-state index is 0.207. The Hall–Kier alpha value is -3.52. The molecule has 0 aliphatic heterocycles. The summed E-state index contributed by atoms with van der Waals surface area (Å²) >= 11 is 1.01. The first-order valence-corrected chi connectivity index (χ1v) is 9.71. The number of hydrogen-bond acceptors (Lipinski definition) is 6. The van der Waals surface area contributed by atoms with Gasteiger partial charge in [-0.15, -0.1) is 11.3 Å². The van der Waals surface area contributed by atoms with Gasteiger partial charge in [-0.05, 0) is 43.7 Å². The number of aromatic nitrogens is 1. The number of nitrogens with zero attached hydrogens (tertiary/aromatic N) is 1. The molecule has 2 heterocycles. The van der Waals surface area contributed by atoms with Crippen LogP contribution in [0.2, 0.25) is 0 Å². The van der Waals surface area contributed by atoms with Gasteiger partial charge in [0.05, 0.1) is 17.7 Å². The van der Waals surface area contributed by atoms with Gasteiger partial charge in [-0.25, -0.2) is 4.79 Å². The molecule has 0 atom stereocenters. The minimum Gasteiger partial charge on any atom is -0.462 e. The molecule has 8 heteroatoms. The van der Waals surface area contributed by atoms with E-state index in [1.807, 2.05) is 6.07 Å². The summed E-state index contributed by atoms with van der Waals surface area (Å²) in [6.07, 6.45) is 2.98. The number of para-hydroxylation sites is 1. The topological polar surface area (TPSA) is 97.4 Å². The number of carbonyl (C=O) groups excluding carboxylic acids is 3. The van der Waals surface area contributed by atoms with E-state index >= 15 is 0 Å². The largest absolute Gasteiger partial charge is 0.462 e. The Kier molecular flexibility index (Phi) is 6.36. The third-order valence-corrected chi connectivity index (χ3v) is 5.20. The van der Waals surface area contributed by atoms with Crippen LogP contribution in [-0.2, 0) is 4.74 Å². The number of carbonyl (C=O) groups is 3. The van der Waals surface area contributed by atoms with Gasteiger partial charge in [0.1, 0.15) is 9.88 Å². The maximum absolute atomic E-state index is 12.9. The highest BCUT2D eigenvalue weighted by molar-refractivity contribution is 7.18. The molecule has 1 aromatic carbocycles. The Bertz CT molecular complexity index is 1030. The Morgan fingerprint density at radius 3 is 2.45 bits per heavy atom. The highest BCUT2D eigenvalue weighted by Crippen LogP contribution is 2.34. The van der Waals surface area contributed by atoms with Crippen LogP contribution in [0.25, 0.3) is 0 Å². The van der Waals surface area contributed by atoms with Crippen LogP contribution in [-0.4, -0.2) is 29.4 Å². The molecule has 0 aliphatic carbocycles. The molecule has 29 heavy (non-hydrogen) atoms. The van der Waals surface area contributed by atoms with Crippen molar-refractivity contribution >= 4 is 39.8 Å². The summed E-state index contributed by atoms with van der Waals surface area (Å²) in [7, 11) is 0. The van der Waals surface area contributed by atoms with Crippen molar-refractivity contribution in [3.05, 3.63) is 76.4 Å². The number of thiophene rings is 1. The molecule has 0 saturated heterocycles. The first kappa shape index (κ1) is 20.2. The fourth-order valence-electron chi connectivity index (χ4n) is 2.65. The first-order chi connectivity index (χ1) is 14.0. The van der Waals surface area contributed by atoms with Crippen LogP contribution in [0.4, 0.5) is 10.7 Å². The lowest BCUT2D eigenvalue weighted by molar-refractivity contribution is 0.0531. The predicted molar refractivity (Wildman–Crippen MR) is 112 cm³/mol. The monoisotopic (exact) mass is 409 g/mol. The molecule has 0 radical (unpaired) electrons. The van der Waals surface area contributed by atoms with E-state index < -0.39 is 17.8 Å². The molecule has 2 aromatic heterocycles. The fraction of sp³-hybridized carbons (Fsp3) is 0.143. The molecule has 148 valence electrons. The molecule has 7 nitrogen and oxygen atoms in total. The van der Waals surface area contributed by atoms with E-state index in [2.05, 4.69) is 15.6 Å².